The Hall–Kier alpha value is -2.66. The van der Waals surface area contributed by atoms with Crippen molar-refractivity contribution in [1.82, 2.24) is 19.1 Å². The number of halogens is 2. The number of rotatable bonds is 5. The minimum absolute atomic E-state index is 0.0288. The zero-order valence-electron chi connectivity index (χ0n) is 17.5. The average Bonchev–Trinajstić information content (AvgIpc) is 3.44. The first kappa shape index (κ1) is 21.2. The minimum atomic E-state index is -2.78. The van der Waals surface area contributed by atoms with Crippen LogP contribution in [0.1, 0.15) is 60.8 Å². The average molecular weight is 463 g/mol. The van der Waals surface area contributed by atoms with Crippen molar-refractivity contribution in [3.05, 3.63) is 29.7 Å². The largest absolute Gasteiger partial charge is 0.378 e. The van der Waals surface area contributed by atoms with Gasteiger partial charge in [-0.1, -0.05) is 19.3 Å². The molecule has 2 aliphatic rings. The molecule has 0 spiro atoms. The van der Waals surface area contributed by atoms with Crippen molar-refractivity contribution in [2.24, 2.45) is 0 Å². The van der Waals surface area contributed by atoms with E-state index in [-0.39, 0.29) is 17.4 Å². The highest BCUT2D eigenvalue weighted by Gasteiger charge is 2.26. The molecule has 0 bridgehead atoms. The molecule has 0 radical (unpaired) electrons. The van der Waals surface area contributed by atoms with Crippen molar-refractivity contribution in [3.8, 4) is 0 Å². The van der Waals surface area contributed by atoms with Crippen molar-refractivity contribution >= 4 is 39.2 Å². The standard InChI is InChI=1S/C21H24F2N6O2S/c22-20(23)17-14(12-29(26-17)13-4-2-1-3-5-13)24-21(30)19-18-15(32-27-19)6-7-16(25-18)28-8-10-31-11-9-28/h6-7,12-13,20H,1-5,8-11H2,(H,24,30). The van der Waals surface area contributed by atoms with Crippen LogP contribution in [-0.2, 0) is 4.74 Å². The Balaban J connectivity index is 1.41. The number of aromatic nitrogens is 4. The van der Waals surface area contributed by atoms with Crippen molar-refractivity contribution in [1.29, 1.82) is 0 Å². The van der Waals surface area contributed by atoms with E-state index in [9.17, 15) is 13.6 Å². The minimum Gasteiger partial charge on any atom is -0.378 e. The number of pyridine rings is 1. The maximum Gasteiger partial charge on any atom is 0.284 e. The van der Waals surface area contributed by atoms with E-state index in [4.69, 9.17) is 4.74 Å². The van der Waals surface area contributed by atoms with Crippen LogP contribution < -0.4 is 10.2 Å². The van der Waals surface area contributed by atoms with Crippen molar-refractivity contribution < 1.29 is 18.3 Å². The molecular formula is C21H24F2N6O2S. The molecule has 0 atom stereocenters. The summed E-state index contributed by atoms with van der Waals surface area (Å²) in [5.74, 6) is 0.182. The van der Waals surface area contributed by atoms with Gasteiger partial charge in [0.1, 0.15) is 11.3 Å². The van der Waals surface area contributed by atoms with Crippen LogP contribution in [0.2, 0.25) is 0 Å². The van der Waals surface area contributed by atoms with E-state index in [0.29, 0.717) is 18.7 Å². The van der Waals surface area contributed by atoms with Gasteiger partial charge in [0.25, 0.3) is 12.3 Å². The maximum atomic E-state index is 13.6. The quantitative estimate of drug-likeness (QED) is 0.604. The Morgan fingerprint density at radius 2 is 1.97 bits per heavy atom. The number of fused-ring (bicyclic) bond motifs is 1. The maximum absolute atomic E-state index is 13.6. The number of carbonyl (C=O) groups is 1. The van der Waals surface area contributed by atoms with Crippen LogP contribution in [0.15, 0.2) is 18.3 Å². The predicted molar refractivity (Wildman–Crippen MR) is 118 cm³/mol. The summed E-state index contributed by atoms with van der Waals surface area (Å²) >= 11 is 1.16. The number of hydrogen-bond acceptors (Lipinski definition) is 7. The molecular weight excluding hydrogens is 438 g/mol. The van der Waals surface area contributed by atoms with E-state index in [1.165, 1.54) is 6.20 Å². The fourth-order valence-electron chi connectivity index (χ4n) is 4.31. The number of carbonyl (C=O) groups excluding carboxylic acids is 1. The third-order valence-corrected chi connectivity index (χ3v) is 6.82. The zero-order valence-corrected chi connectivity index (χ0v) is 18.3. The lowest BCUT2D eigenvalue weighted by Crippen LogP contribution is -2.36. The number of hydrogen-bond donors (Lipinski definition) is 1. The van der Waals surface area contributed by atoms with Gasteiger partial charge in [-0.2, -0.15) is 9.47 Å². The monoisotopic (exact) mass is 462 g/mol. The van der Waals surface area contributed by atoms with E-state index in [0.717, 1.165) is 67.2 Å². The number of amides is 1. The summed E-state index contributed by atoms with van der Waals surface area (Å²) in [6, 6.07) is 3.87. The van der Waals surface area contributed by atoms with E-state index < -0.39 is 18.0 Å². The molecule has 2 fully saturated rings. The van der Waals surface area contributed by atoms with Gasteiger partial charge in [0, 0.05) is 19.3 Å². The summed E-state index contributed by atoms with van der Waals surface area (Å²) in [4.78, 5) is 19.7. The second-order valence-electron chi connectivity index (χ2n) is 8.10. The predicted octanol–water partition coefficient (Wildman–Crippen LogP) is 4.42. The fourth-order valence-corrected chi connectivity index (χ4v) is 5.03. The van der Waals surface area contributed by atoms with Crippen LogP contribution in [0.4, 0.5) is 20.3 Å². The lowest BCUT2D eigenvalue weighted by molar-refractivity contribution is 0.102. The molecule has 0 unspecified atom stereocenters. The number of morpholine rings is 1. The molecule has 5 rings (SSSR count). The highest BCUT2D eigenvalue weighted by molar-refractivity contribution is 7.13. The summed E-state index contributed by atoms with van der Waals surface area (Å²) in [5.41, 5.74) is 0.215. The number of ether oxygens (including phenoxy) is 1. The van der Waals surface area contributed by atoms with E-state index in [1.807, 2.05) is 12.1 Å². The molecule has 1 saturated heterocycles. The third-order valence-electron chi connectivity index (χ3n) is 6.02. The molecule has 4 heterocycles. The van der Waals surface area contributed by atoms with Crippen LogP contribution in [0.5, 0.6) is 0 Å². The topological polar surface area (TPSA) is 85.2 Å². The summed E-state index contributed by atoms with van der Waals surface area (Å²) in [5, 5.41) is 6.72. The third kappa shape index (κ3) is 4.18. The molecule has 170 valence electrons. The zero-order chi connectivity index (χ0) is 22.1. The van der Waals surface area contributed by atoms with Crippen LogP contribution in [0.3, 0.4) is 0 Å². The number of anilines is 2. The number of nitrogens with one attached hydrogen (secondary N) is 1. The van der Waals surface area contributed by atoms with Crippen molar-refractivity contribution in [2.45, 2.75) is 44.6 Å². The van der Waals surface area contributed by atoms with Crippen LogP contribution in [0, 0.1) is 0 Å². The Kier molecular flexibility index (Phi) is 6.01. The Morgan fingerprint density at radius 3 is 2.72 bits per heavy atom. The number of alkyl halides is 2. The van der Waals surface area contributed by atoms with Crippen molar-refractivity contribution in [3.63, 3.8) is 0 Å². The summed E-state index contributed by atoms with van der Waals surface area (Å²) in [6.45, 7) is 2.68. The van der Waals surface area contributed by atoms with Gasteiger partial charge in [0.2, 0.25) is 0 Å². The van der Waals surface area contributed by atoms with Crippen LogP contribution in [-0.4, -0.2) is 51.3 Å². The molecule has 0 aromatic carbocycles. The lowest BCUT2D eigenvalue weighted by atomic mass is 9.96. The van der Waals surface area contributed by atoms with E-state index >= 15 is 0 Å². The molecule has 1 aliphatic heterocycles. The molecule has 11 heteroatoms. The SMILES string of the molecule is O=C(Nc1cn(C2CCCCC2)nc1C(F)F)c1nsc2ccc(N3CCOCC3)nc12. The Labute approximate surface area is 187 Å². The summed E-state index contributed by atoms with van der Waals surface area (Å²) in [7, 11) is 0. The molecule has 1 amide bonds. The Morgan fingerprint density at radius 1 is 1.19 bits per heavy atom. The van der Waals surface area contributed by atoms with Gasteiger partial charge >= 0.3 is 0 Å². The second kappa shape index (κ2) is 9.07. The summed E-state index contributed by atoms with van der Waals surface area (Å²) < 4.78 is 39.3. The van der Waals surface area contributed by atoms with Gasteiger partial charge in [0.05, 0.1) is 29.6 Å². The lowest BCUT2D eigenvalue weighted by Gasteiger charge is -2.27. The van der Waals surface area contributed by atoms with Crippen LogP contribution >= 0.6 is 11.5 Å². The fraction of sp³-hybridized carbons (Fsp3) is 0.524. The van der Waals surface area contributed by atoms with Gasteiger partial charge in [0.15, 0.2) is 11.4 Å². The molecule has 1 saturated carbocycles. The first-order valence-corrected chi connectivity index (χ1v) is 11.6. The smallest absolute Gasteiger partial charge is 0.284 e. The molecule has 1 aliphatic carbocycles. The molecule has 1 N–H and O–H groups in total. The highest BCUT2D eigenvalue weighted by atomic mass is 32.1. The summed E-state index contributed by atoms with van der Waals surface area (Å²) in [6.07, 6.45) is 3.81. The van der Waals surface area contributed by atoms with Gasteiger partial charge < -0.3 is 15.0 Å². The van der Waals surface area contributed by atoms with Crippen LogP contribution in [0.25, 0.3) is 10.2 Å². The van der Waals surface area contributed by atoms with E-state index in [2.05, 4.69) is 24.7 Å². The van der Waals surface area contributed by atoms with Gasteiger partial charge in [-0.25, -0.2) is 13.8 Å². The first-order chi connectivity index (χ1) is 15.6. The van der Waals surface area contributed by atoms with Gasteiger partial charge in [-0.05, 0) is 36.5 Å². The van der Waals surface area contributed by atoms with E-state index in [1.54, 1.807) is 4.68 Å². The normalized spacial score (nSPS) is 17.9. The molecule has 8 nitrogen and oxygen atoms in total. The highest BCUT2D eigenvalue weighted by Crippen LogP contribution is 2.33. The first-order valence-electron chi connectivity index (χ1n) is 10.9. The number of nitrogens with zero attached hydrogens (tertiary/aromatic N) is 5. The second-order valence-corrected chi connectivity index (χ2v) is 8.91. The molecule has 3 aromatic heterocycles. The van der Waals surface area contributed by atoms with Crippen molar-refractivity contribution in [2.75, 3.05) is 36.5 Å². The molecule has 32 heavy (non-hydrogen) atoms. The van der Waals surface area contributed by atoms with Gasteiger partial charge in [-0.15, -0.1) is 0 Å². The molecule has 3 aromatic rings. The van der Waals surface area contributed by atoms with Gasteiger partial charge in [-0.3, -0.25) is 9.48 Å². The Bertz CT molecular complexity index is 1110.